The number of halogens is 3. The van der Waals surface area contributed by atoms with Gasteiger partial charge in [-0.1, -0.05) is 17.7 Å². The number of guanidine groups is 1. The summed E-state index contributed by atoms with van der Waals surface area (Å²) in [4.78, 5) is 4.05. The summed E-state index contributed by atoms with van der Waals surface area (Å²) in [7, 11) is -1.33. The molecule has 1 heterocycles. The molecular weight excluding hydrogens is 456 g/mol. The summed E-state index contributed by atoms with van der Waals surface area (Å²) in [6.45, 7) is 0.444. The Bertz CT molecular complexity index is 650. The van der Waals surface area contributed by atoms with E-state index in [2.05, 4.69) is 15.6 Å². The van der Waals surface area contributed by atoms with Gasteiger partial charge in [0.05, 0.1) is 11.5 Å². The maximum absolute atomic E-state index is 13.6. The first-order chi connectivity index (χ1) is 10.4. The summed E-state index contributed by atoms with van der Waals surface area (Å²) < 4.78 is 36.5. The minimum Gasteiger partial charge on any atom is -0.356 e. The maximum atomic E-state index is 13.6. The second-order valence-corrected chi connectivity index (χ2v) is 7.83. The molecule has 1 aromatic rings. The topological polar surface area (TPSA) is 70.6 Å². The molecule has 1 aromatic carbocycles. The number of benzene rings is 1. The third kappa shape index (κ3) is 6.07. The van der Waals surface area contributed by atoms with Crippen molar-refractivity contribution in [1.29, 1.82) is 0 Å². The highest BCUT2D eigenvalue weighted by molar-refractivity contribution is 14.0. The van der Waals surface area contributed by atoms with Gasteiger partial charge in [-0.3, -0.25) is 4.99 Å². The third-order valence-corrected chi connectivity index (χ3v) is 5.65. The zero-order valence-electron chi connectivity index (χ0n) is 12.7. The minimum atomic E-state index is -2.94. The molecule has 0 aliphatic carbocycles. The average molecular weight is 476 g/mol. The van der Waals surface area contributed by atoms with Crippen LogP contribution in [0.1, 0.15) is 12.0 Å². The van der Waals surface area contributed by atoms with E-state index in [4.69, 9.17) is 11.6 Å². The quantitative estimate of drug-likeness (QED) is 0.397. The highest BCUT2D eigenvalue weighted by atomic mass is 127. The fourth-order valence-corrected chi connectivity index (χ4v) is 4.30. The van der Waals surface area contributed by atoms with Crippen LogP contribution in [0.25, 0.3) is 0 Å². The molecule has 23 heavy (non-hydrogen) atoms. The average Bonchev–Trinajstić information content (AvgIpc) is 2.80. The lowest BCUT2D eigenvalue weighted by atomic mass is 10.1. The SMILES string of the molecule is CN=C(NCCc1c(F)cccc1Cl)NC1CCS(=O)(=O)C1.I. The van der Waals surface area contributed by atoms with Crippen molar-refractivity contribution in [3.05, 3.63) is 34.6 Å². The van der Waals surface area contributed by atoms with Crippen molar-refractivity contribution in [2.24, 2.45) is 4.99 Å². The number of hydrogen-bond donors (Lipinski definition) is 2. The van der Waals surface area contributed by atoms with E-state index in [9.17, 15) is 12.8 Å². The van der Waals surface area contributed by atoms with Crippen molar-refractivity contribution in [2.75, 3.05) is 25.1 Å². The first-order valence-electron chi connectivity index (χ1n) is 7.02. The Labute approximate surface area is 158 Å². The van der Waals surface area contributed by atoms with Gasteiger partial charge in [-0.2, -0.15) is 0 Å². The minimum absolute atomic E-state index is 0. The van der Waals surface area contributed by atoms with Crippen LogP contribution in [-0.4, -0.2) is 45.5 Å². The Morgan fingerprint density at radius 1 is 1.48 bits per heavy atom. The van der Waals surface area contributed by atoms with Crippen LogP contribution in [0.5, 0.6) is 0 Å². The van der Waals surface area contributed by atoms with Crippen LogP contribution >= 0.6 is 35.6 Å². The Balaban J connectivity index is 0.00000264. The molecule has 0 bridgehead atoms. The molecule has 0 aromatic heterocycles. The number of aliphatic imine (C=N–C) groups is 1. The van der Waals surface area contributed by atoms with E-state index >= 15 is 0 Å². The molecule has 5 nitrogen and oxygen atoms in total. The highest BCUT2D eigenvalue weighted by Gasteiger charge is 2.28. The van der Waals surface area contributed by atoms with E-state index in [1.165, 1.54) is 6.07 Å². The number of nitrogens with zero attached hydrogens (tertiary/aromatic N) is 1. The molecule has 9 heteroatoms. The second kappa shape index (κ2) is 9.03. The molecule has 0 radical (unpaired) electrons. The van der Waals surface area contributed by atoms with Crippen molar-refractivity contribution in [3.8, 4) is 0 Å². The van der Waals surface area contributed by atoms with Crippen LogP contribution in [0.3, 0.4) is 0 Å². The fraction of sp³-hybridized carbons (Fsp3) is 0.500. The molecule has 2 rings (SSSR count). The molecule has 130 valence electrons. The Morgan fingerprint density at radius 3 is 2.78 bits per heavy atom. The maximum Gasteiger partial charge on any atom is 0.191 e. The van der Waals surface area contributed by atoms with Crippen LogP contribution in [0.15, 0.2) is 23.2 Å². The predicted molar refractivity (Wildman–Crippen MR) is 102 cm³/mol. The van der Waals surface area contributed by atoms with Crippen LogP contribution in [0.4, 0.5) is 4.39 Å². The van der Waals surface area contributed by atoms with Gasteiger partial charge in [-0.25, -0.2) is 12.8 Å². The van der Waals surface area contributed by atoms with Crippen molar-refractivity contribution in [3.63, 3.8) is 0 Å². The van der Waals surface area contributed by atoms with Crippen LogP contribution in [0.2, 0.25) is 5.02 Å². The van der Waals surface area contributed by atoms with Crippen LogP contribution in [0, 0.1) is 5.82 Å². The summed E-state index contributed by atoms with van der Waals surface area (Å²) in [5.74, 6) is 0.494. The van der Waals surface area contributed by atoms with Gasteiger partial charge in [0.15, 0.2) is 15.8 Å². The van der Waals surface area contributed by atoms with Crippen molar-refractivity contribution < 1.29 is 12.8 Å². The largest absolute Gasteiger partial charge is 0.356 e. The Hall–Kier alpha value is -0.610. The van der Waals surface area contributed by atoms with Gasteiger partial charge >= 0.3 is 0 Å². The monoisotopic (exact) mass is 475 g/mol. The molecule has 0 spiro atoms. The standard InChI is InChI=1S/C14H19ClFN3O2S.HI/c1-17-14(19-10-6-8-22(20,21)9-10)18-7-5-11-12(15)3-2-4-13(11)16;/h2-4,10H,5-9H2,1H3,(H2,17,18,19);1H. The lowest BCUT2D eigenvalue weighted by Crippen LogP contribution is -2.44. The molecule has 1 atom stereocenters. The van der Waals surface area contributed by atoms with Crippen LogP contribution in [-0.2, 0) is 16.3 Å². The van der Waals surface area contributed by atoms with Crippen molar-refractivity contribution in [2.45, 2.75) is 18.9 Å². The van der Waals surface area contributed by atoms with E-state index in [-0.39, 0.29) is 47.3 Å². The first-order valence-corrected chi connectivity index (χ1v) is 9.22. The zero-order valence-corrected chi connectivity index (χ0v) is 16.6. The van der Waals surface area contributed by atoms with Gasteiger partial charge < -0.3 is 10.6 Å². The number of rotatable bonds is 4. The fourth-order valence-electron chi connectivity index (χ4n) is 2.37. The van der Waals surface area contributed by atoms with Gasteiger partial charge in [-0.15, -0.1) is 24.0 Å². The first kappa shape index (κ1) is 20.4. The third-order valence-electron chi connectivity index (χ3n) is 3.53. The summed E-state index contributed by atoms with van der Waals surface area (Å²) in [5.41, 5.74) is 0.454. The number of hydrogen-bond acceptors (Lipinski definition) is 3. The predicted octanol–water partition coefficient (Wildman–Crippen LogP) is 1.99. The summed E-state index contributed by atoms with van der Waals surface area (Å²) in [6, 6.07) is 4.46. The molecule has 1 saturated heterocycles. The normalized spacial score (nSPS) is 20.0. The van der Waals surface area contributed by atoms with Crippen LogP contribution < -0.4 is 10.6 Å². The van der Waals surface area contributed by atoms with E-state index in [1.54, 1.807) is 19.2 Å². The van der Waals surface area contributed by atoms with Gasteiger partial charge in [0.1, 0.15) is 5.82 Å². The van der Waals surface area contributed by atoms with Gasteiger partial charge in [-0.05, 0) is 25.0 Å². The molecule has 2 N–H and O–H groups in total. The van der Waals surface area contributed by atoms with Gasteiger partial charge in [0.25, 0.3) is 0 Å². The molecule has 0 saturated carbocycles. The van der Waals surface area contributed by atoms with E-state index in [0.29, 0.717) is 35.9 Å². The Morgan fingerprint density at radius 2 is 2.22 bits per heavy atom. The number of sulfone groups is 1. The smallest absolute Gasteiger partial charge is 0.191 e. The second-order valence-electron chi connectivity index (χ2n) is 5.19. The zero-order chi connectivity index (χ0) is 16.2. The Kier molecular flexibility index (Phi) is 8.02. The molecule has 0 amide bonds. The van der Waals surface area contributed by atoms with Crippen molar-refractivity contribution >= 4 is 51.4 Å². The summed E-state index contributed by atoms with van der Waals surface area (Å²) in [6.07, 6.45) is 0.983. The molecule has 1 aliphatic heterocycles. The highest BCUT2D eigenvalue weighted by Crippen LogP contribution is 2.19. The van der Waals surface area contributed by atoms with E-state index in [1.807, 2.05) is 0 Å². The van der Waals surface area contributed by atoms with Gasteiger partial charge in [0.2, 0.25) is 0 Å². The lowest BCUT2D eigenvalue weighted by molar-refractivity contribution is 0.598. The summed E-state index contributed by atoms with van der Waals surface area (Å²) in [5, 5.41) is 6.51. The van der Waals surface area contributed by atoms with E-state index in [0.717, 1.165) is 0 Å². The van der Waals surface area contributed by atoms with E-state index < -0.39 is 9.84 Å². The molecule has 1 fully saturated rings. The summed E-state index contributed by atoms with van der Waals surface area (Å²) >= 11 is 5.97. The van der Waals surface area contributed by atoms with Gasteiger partial charge in [0, 0.05) is 30.2 Å². The van der Waals surface area contributed by atoms with Crippen molar-refractivity contribution in [1.82, 2.24) is 10.6 Å². The lowest BCUT2D eigenvalue weighted by Gasteiger charge is -2.16. The molecular formula is C14H20ClFIN3O2S. The molecule has 1 unspecified atom stereocenters. The number of nitrogens with one attached hydrogen (secondary N) is 2. The molecule has 1 aliphatic rings.